The van der Waals surface area contributed by atoms with Crippen LogP contribution in [0, 0.1) is 11.7 Å². The van der Waals surface area contributed by atoms with Crippen LogP contribution in [-0.4, -0.2) is 36.5 Å². The van der Waals surface area contributed by atoms with Gasteiger partial charge in [0.1, 0.15) is 0 Å². The summed E-state index contributed by atoms with van der Waals surface area (Å²) in [6.07, 6.45) is 3.89. The molecule has 1 saturated carbocycles. The fourth-order valence-electron chi connectivity index (χ4n) is 2.99. The van der Waals surface area contributed by atoms with Gasteiger partial charge in [-0.3, -0.25) is 4.68 Å². The third-order valence-electron chi connectivity index (χ3n) is 4.42. The smallest absolute Gasteiger partial charge is 0.241 e. The van der Waals surface area contributed by atoms with Crippen LogP contribution in [0.4, 0.5) is 4.39 Å². The van der Waals surface area contributed by atoms with E-state index >= 15 is 0 Å². The van der Waals surface area contributed by atoms with Gasteiger partial charge >= 0.3 is 0 Å². The van der Waals surface area contributed by atoms with E-state index in [0.29, 0.717) is 18.4 Å². The topological polar surface area (TPSA) is 93.5 Å². The summed E-state index contributed by atoms with van der Waals surface area (Å²) in [5, 5.41) is 13.6. The maximum Gasteiger partial charge on any atom is 0.241 e. The first kappa shape index (κ1) is 17.8. The summed E-state index contributed by atoms with van der Waals surface area (Å²) in [4.78, 5) is -0.181. The molecule has 3 rings (SSSR count). The average molecular weight is 369 g/mol. The molecule has 0 aliphatic heterocycles. The molecule has 0 amide bonds. The molecular weight excluding hydrogens is 349 g/mol. The Labute approximate surface area is 145 Å². The molecule has 25 heavy (non-hydrogen) atoms. The number of benzene rings is 1. The van der Waals surface area contributed by atoms with Crippen molar-refractivity contribution in [3.05, 3.63) is 42.0 Å². The van der Waals surface area contributed by atoms with Crippen LogP contribution in [0.5, 0.6) is 5.75 Å². The summed E-state index contributed by atoms with van der Waals surface area (Å²) < 4.78 is 48.3. The molecule has 1 heterocycles. The minimum absolute atomic E-state index is 0.0233. The van der Waals surface area contributed by atoms with Gasteiger partial charge in [-0.2, -0.15) is 5.10 Å². The van der Waals surface area contributed by atoms with Crippen molar-refractivity contribution < 1.29 is 22.7 Å². The number of sulfonamides is 1. The molecule has 1 aliphatic rings. The first-order valence-corrected chi connectivity index (χ1v) is 9.31. The lowest BCUT2D eigenvalue weighted by atomic mass is 9.76. The minimum Gasteiger partial charge on any atom is -0.494 e. The van der Waals surface area contributed by atoms with Crippen molar-refractivity contribution in [2.75, 3.05) is 7.11 Å². The molecule has 1 aromatic heterocycles. The van der Waals surface area contributed by atoms with Gasteiger partial charge in [-0.05, 0) is 37.0 Å². The maximum absolute atomic E-state index is 13.9. The molecule has 2 N–H and O–H groups in total. The minimum atomic E-state index is -3.95. The average Bonchev–Trinajstić information content (AvgIpc) is 2.96. The van der Waals surface area contributed by atoms with Crippen molar-refractivity contribution >= 4 is 10.0 Å². The van der Waals surface area contributed by atoms with Crippen LogP contribution in [0.2, 0.25) is 0 Å². The summed E-state index contributed by atoms with van der Waals surface area (Å²) >= 11 is 0. The molecule has 9 heteroatoms. The standard InChI is InChI=1S/C16H20FN3O4S/c1-20-9-11(8-18-20)16(10-5-12(21)6-10)19-25(22,23)13-3-4-15(24-2)14(17)7-13/h3-4,7-10,12,16,19,21H,5-6H2,1-2H3/t10?,12?,16-/m0/s1. The Bertz CT molecular complexity index is 862. The fraction of sp³-hybridized carbons (Fsp3) is 0.438. The van der Waals surface area contributed by atoms with Gasteiger partial charge in [0.25, 0.3) is 0 Å². The molecule has 7 nitrogen and oxygen atoms in total. The van der Waals surface area contributed by atoms with Crippen molar-refractivity contribution in [2.24, 2.45) is 13.0 Å². The Morgan fingerprint density at radius 3 is 2.68 bits per heavy atom. The Morgan fingerprint density at radius 2 is 2.16 bits per heavy atom. The molecule has 0 radical (unpaired) electrons. The van der Waals surface area contributed by atoms with E-state index in [2.05, 4.69) is 9.82 Å². The number of hydrogen-bond donors (Lipinski definition) is 2. The second-order valence-corrected chi connectivity index (χ2v) is 7.94. The van der Waals surface area contributed by atoms with E-state index in [-0.39, 0.29) is 16.6 Å². The molecule has 1 fully saturated rings. The van der Waals surface area contributed by atoms with E-state index in [1.54, 1.807) is 24.1 Å². The molecule has 1 aromatic carbocycles. The second kappa shape index (κ2) is 6.74. The van der Waals surface area contributed by atoms with Crippen molar-refractivity contribution in [1.29, 1.82) is 0 Å². The molecule has 0 unspecified atom stereocenters. The summed E-state index contributed by atoms with van der Waals surface area (Å²) in [6.45, 7) is 0. The van der Waals surface area contributed by atoms with Crippen LogP contribution in [0.1, 0.15) is 24.4 Å². The molecule has 1 atom stereocenters. The number of aliphatic hydroxyl groups is 1. The zero-order valence-corrected chi connectivity index (χ0v) is 14.7. The van der Waals surface area contributed by atoms with Gasteiger partial charge in [-0.25, -0.2) is 17.5 Å². The van der Waals surface area contributed by atoms with Gasteiger partial charge in [0.2, 0.25) is 10.0 Å². The van der Waals surface area contributed by atoms with Gasteiger partial charge < -0.3 is 9.84 Å². The zero-order chi connectivity index (χ0) is 18.2. The monoisotopic (exact) mass is 369 g/mol. The van der Waals surface area contributed by atoms with E-state index in [1.165, 1.54) is 19.2 Å². The van der Waals surface area contributed by atoms with E-state index in [1.807, 2.05) is 0 Å². The van der Waals surface area contributed by atoms with Crippen molar-refractivity contribution in [1.82, 2.24) is 14.5 Å². The maximum atomic E-state index is 13.9. The van der Waals surface area contributed by atoms with Gasteiger partial charge in [0.05, 0.1) is 30.3 Å². The number of nitrogens with zero attached hydrogens (tertiary/aromatic N) is 2. The number of aryl methyl sites for hydroxylation is 1. The highest BCUT2D eigenvalue weighted by Gasteiger charge is 2.37. The number of halogens is 1. The van der Waals surface area contributed by atoms with Crippen LogP contribution >= 0.6 is 0 Å². The first-order valence-electron chi connectivity index (χ1n) is 7.82. The Hall–Kier alpha value is -1.97. The highest BCUT2D eigenvalue weighted by atomic mass is 32.2. The third kappa shape index (κ3) is 3.68. The number of ether oxygens (including phenoxy) is 1. The Kier molecular flexibility index (Phi) is 4.81. The predicted molar refractivity (Wildman–Crippen MR) is 88.0 cm³/mol. The number of nitrogens with one attached hydrogen (secondary N) is 1. The Morgan fingerprint density at radius 1 is 1.44 bits per heavy atom. The number of rotatable bonds is 6. The van der Waals surface area contributed by atoms with Gasteiger partial charge in [-0.1, -0.05) is 0 Å². The first-order chi connectivity index (χ1) is 11.8. The van der Waals surface area contributed by atoms with Crippen molar-refractivity contribution in [3.63, 3.8) is 0 Å². The highest BCUT2D eigenvalue weighted by molar-refractivity contribution is 7.89. The van der Waals surface area contributed by atoms with E-state index in [9.17, 15) is 17.9 Å². The van der Waals surface area contributed by atoms with Crippen LogP contribution in [0.25, 0.3) is 0 Å². The number of aliphatic hydroxyl groups excluding tert-OH is 1. The van der Waals surface area contributed by atoms with E-state index < -0.39 is 28.0 Å². The summed E-state index contributed by atoms with van der Waals surface area (Å²) in [5.74, 6) is -0.815. The Balaban J connectivity index is 1.88. The summed E-state index contributed by atoms with van der Waals surface area (Å²) in [5.41, 5.74) is 0.706. The molecule has 1 aliphatic carbocycles. The molecule has 136 valence electrons. The molecule has 2 aromatic rings. The largest absolute Gasteiger partial charge is 0.494 e. The van der Waals surface area contributed by atoms with E-state index in [4.69, 9.17) is 4.74 Å². The van der Waals surface area contributed by atoms with Gasteiger partial charge in [-0.15, -0.1) is 0 Å². The lowest BCUT2D eigenvalue weighted by Crippen LogP contribution is -2.41. The lowest BCUT2D eigenvalue weighted by Gasteiger charge is -2.37. The van der Waals surface area contributed by atoms with Gasteiger partial charge in [0.15, 0.2) is 11.6 Å². The van der Waals surface area contributed by atoms with Crippen LogP contribution in [0.15, 0.2) is 35.5 Å². The SMILES string of the molecule is COc1ccc(S(=O)(=O)N[C@H](c2cnn(C)c2)C2CC(O)C2)cc1F. The van der Waals surface area contributed by atoms with Crippen LogP contribution in [-0.2, 0) is 17.1 Å². The number of hydrogen-bond acceptors (Lipinski definition) is 5. The normalized spacial score (nSPS) is 21.6. The number of aromatic nitrogens is 2. The molecule has 0 spiro atoms. The molecule has 0 bridgehead atoms. The van der Waals surface area contributed by atoms with Crippen molar-refractivity contribution in [2.45, 2.75) is 29.9 Å². The van der Waals surface area contributed by atoms with Crippen LogP contribution in [0.3, 0.4) is 0 Å². The predicted octanol–water partition coefficient (Wildman–Crippen LogP) is 1.36. The zero-order valence-electron chi connectivity index (χ0n) is 13.9. The molecule has 0 saturated heterocycles. The highest BCUT2D eigenvalue weighted by Crippen LogP contribution is 2.38. The number of methoxy groups -OCH3 is 1. The van der Waals surface area contributed by atoms with E-state index in [0.717, 1.165) is 6.07 Å². The third-order valence-corrected chi connectivity index (χ3v) is 5.86. The molecular formula is C16H20FN3O4S. The fourth-order valence-corrected chi connectivity index (χ4v) is 4.29. The van der Waals surface area contributed by atoms with Gasteiger partial charge in [0, 0.05) is 18.8 Å². The van der Waals surface area contributed by atoms with Crippen LogP contribution < -0.4 is 9.46 Å². The van der Waals surface area contributed by atoms with Crippen molar-refractivity contribution in [3.8, 4) is 5.75 Å². The lowest BCUT2D eigenvalue weighted by molar-refractivity contribution is 0.0280. The summed E-state index contributed by atoms with van der Waals surface area (Å²) in [7, 11) is -0.898. The second-order valence-electron chi connectivity index (χ2n) is 6.23. The summed E-state index contributed by atoms with van der Waals surface area (Å²) in [6, 6.07) is 2.96. The quantitative estimate of drug-likeness (QED) is 0.802.